The molecule has 3 heterocycles. The zero-order chi connectivity index (χ0) is 10.1. The van der Waals surface area contributed by atoms with Gasteiger partial charge in [0.1, 0.15) is 5.65 Å². The maximum atomic E-state index is 4.46. The van der Waals surface area contributed by atoms with Crippen molar-refractivity contribution in [1.82, 2.24) is 14.9 Å². The number of piperidine rings is 1. The largest absolute Gasteiger partial charge is 0.329 e. The van der Waals surface area contributed by atoms with E-state index in [0.29, 0.717) is 6.04 Å². The zero-order valence-electron chi connectivity index (χ0n) is 8.69. The zero-order valence-corrected chi connectivity index (χ0v) is 8.69. The third-order valence-electron chi connectivity index (χ3n) is 3.18. The molecule has 15 heavy (non-hydrogen) atoms. The van der Waals surface area contributed by atoms with Gasteiger partial charge >= 0.3 is 0 Å². The summed E-state index contributed by atoms with van der Waals surface area (Å²) in [7, 11) is 0. The van der Waals surface area contributed by atoms with Crippen LogP contribution in [0.2, 0.25) is 0 Å². The molecule has 3 rings (SSSR count). The van der Waals surface area contributed by atoms with E-state index in [1.807, 2.05) is 12.3 Å². The van der Waals surface area contributed by atoms with Crippen LogP contribution in [0.1, 0.15) is 18.9 Å². The van der Waals surface area contributed by atoms with Crippen LogP contribution >= 0.6 is 0 Å². The molecule has 0 unspecified atom stereocenters. The van der Waals surface area contributed by atoms with Gasteiger partial charge in [0, 0.05) is 23.8 Å². The second kappa shape index (κ2) is 3.66. The third-order valence-corrected chi connectivity index (χ3v) is 3.18. The summed E-state index contributed by atoms with van der Waals surface area (Å²) in [5.41, 5.74) is 1.13. The van der Waals surface area contributed by atoms with Crippen LogP contribution in [0.15, 0.2) is 30.6 Å². The first-order valence-electron chi connectivity index (χ1n) is 5.57. The summed E-state index contributed by atoms with van der Waals surface area (Å²) in [6.45, 7) is 2.24. The van der Waals surface area contributed by atoms with Gasteiger partial charge in [-0.1, -0.05) is 0 Å². The summed E-state index contributed by atoms with van der Waals surface area (Å²) in [6, 6.07) is 6.90. The number of fused-ring (bicyclic) bond motifs is 1. The van der Waals surface area contributed by atoms with Gasteiger partial charge in [0.2, 0.25) is 0 Å². The van der Waals surface area contributed by atoms with E-state index in [4.69, 9.17) is 0 Å². The van der Waals surface area contributed by atoms with Gasteiger partial charge in [-0.3, -0.25) is 0 Å². The van der Waals surface area contributed by atoms with E-state index >= 15 is 0 Å². The van der Waals surface area contributed by atoms with Gasteiger partial charge in [-0.15, -0.1) is 0 Å². The molecule has 1 aliphatic rings. The molecular formula is C12H15N3. The maximum Gasteiger partial charge on any atom is 0.140 e. The topological polar surface area (TPSA) is 29.9 Å². The van der Waals surface area contributed by atoms with Crippen LogP contribution in [0, 0.1) is 0 Å². The van der Waals surface area contributed by atoms with Crippen LogP contribution in [-0.2, 0) is 0 Å². The fourth-order valence-electron chi connectivity index (χ4n) is 2.37. The van der Waals surface area contributed by atoms with E-state index < -0.39 is 0 Å². The molecule has 1 aliphatic heterocycles. The predicted octanol–water partition coefficient (Wildman–Crippen LogP) is 1.96. The van der Waals surface area contributed by atoms with Crippen molar-refractivity contribution in [2.75, 3.05) is 13.1 Å². The Morgan fingerprint density at radius 2 is 2.13 bits per heavy atom. The molecule has 1 fully saturated rings. The van der Waals surface area contributed by atoms with Crippen LogP contribution < -0.4 is 5.32 Å². The van der Waals surface area contributed by atoms with Crippen LogP contribution in [0.3, 0.4) is 0 Å². The fourth-order valence-corrected chi connectivity index (χ4v) is 2.37. The van der Waals surface area contributed by atoms with Crippen LogP contribution in [0.25, 0.3) is 11.0 Å². The standard InChI is InChI=1S/C12H15N3/c1-2-10-5-9-15(12(10)14-6-1)11-3-7-13-8-4-11/h1-2,5-6,9,11,13H,3-4,7-8H2. The van der Waals surface area contributed by atoms with Crippen molar-refractivity contribution >= 4 is 11.0 Å². The first-order valence-corrected chi connectivity index (χ1v) is 5.57. The van der Waals surface area contributed by atoms with Crippen molar-refractivity contribution in [2.24, 2.45) is 0 Å². The summed E-state index contributed by atoms with van der Waals surface area (Å²) >= 11 is 0. The Bertz CT molecular complexity index is 455. The summed E-state index contributed by atoms with van der Waals surface area (Å²) < 4.78 is 2.33. The smallest absolute Gasteiger partial charge is 0.140 e. The minimum Gasteiger partial charge on any atom is -0.329 e. The van der Waals surface area contributed by atoms with E-state index in [1.54, 1.807) is 0 Å². The molecule has 0 bridgehead atoms. The molecule has 0 spiro atoms. The second-order valence-corrected chi connectivity index (χ2v) is 4.12. The number of rotatable bonds is 1. The molecule has 78 valence electrons. The number of aromatic nitrogens is 2. The predicted molar refractivity (Wildman–Crippen MR) is 60.9 cm³/mol. The highest BCUT2D eigenvalue weighted by Crippen LogP contribution is 2.23. The first kappa shape index (κ1) is 8.92. The van der Waals surface area contributed by atoms with Gasteiger partial charge in [-0.25, -0.2) is 4.98 Å². The maximum absolute atomic E-state index is 4.46. The number of nitrogens with zero attached hydrogens (tertiary/aromatic N) is 2. The van der Waals surface area contributed by atoms with Gasteiger partial charge in [0.15, 0.2) is 0 Å². The van der Waals surface area contributed by atoms with E-state index in [9.17, 15) is 0 Å². The summed E-state index contributed by atoms with van der Waals surface area (Å²) in [4.78, 5) is 4.46. The molecule has 2 aromatic rings. The highest BCUT2D eigenvalue weighted by molar-refractivity contribution is 5.75. The van der Waals surface area contributed by atoms with Crippen molar-refractivity contribution in [3.05, 3.63) is 30.6 Å². The average molecular weight is 201 g/mol. The molecule has 0 saturated carbocycles. The SMILES string of the molecule is c1cnc2c(c1)ccn2C1CCNCC1. The Hall–Kier alpha value is -1.35. The summed E-state index contributed by atoms with van der Waals surface area (Å²) in [5.74, 6) is 0. The Kier molecular flexibility index (Phi) is 2.18. The second-order valence-electron chi connectivity index (χ2n) is 4.12. The quantitative estimate of drug-likeness (QED) is 0.764. The lowest BCUT2D eigenvalue weighted by atomic mass is 10.1. The lowest BCUT2D eigenvalue weighted by Crippen LogP contribution is -2.29. The monoisotopic (exact) mass is 201 g/mol. The molecule has 0 amide bonds. The number of pyridine rings is 1. The normalized spacial score (nSPS) is 18.4. The molecular weight excluding hydrogens is 186 g/mol. The van der Waals surface area contributed by atoms with Crippen molar-refractivity contribution in [2.45, 2.75) is 18.9 Å². The van der Waals surface area contributed by atoms with Crippen molar-refractivity contribution in [3.63, 3.8) is 0 Å². The lowest BCUT2D eigenvalue weighted by molar-refractivity contribution is 0.375. The highest BCUT2D eigenvalue weighted by Gasteiger charge is 2.16. The average Bonchev–Trinajstić information content (AvgIpc) is 2.74. The lowest BCUT2D eigenvalue weighted by Gasteiger charge is -2.24. The highest BCUT2D eigenvalue weighted by atomic mass is 15.1. The molecule has 0 atom stereocenters. The van der Waals surface area contributed by atoms with Crippen molar-refractivity contribution in [3.8, 4) is 0 Å². The molecule has 3 heteroatoms. The van der Waals surface area contributed by atoms with Gasteiger partial charge in [-0.2, -0.15) is 0 Å². The summed E-state index contributed by atoms with van der Waals surface area (Å²) in [5, 5.41) is 4.64. The van der Waals surface area contributed by atoms with Gasteiger partial charge in [-0.05, 0) is 44.1 Å². The van der Waals surface area contributed by atoms with Gasteiger partial charge in [0.25, 0.3) is 0 Å². The van der Waals surface area contributed by atoms with E-state index in [1.165, 1.54) is 18.2 Å². The molecule has 0 aromatic carbocycles. The van der Waals surface area contributed by atoms with E-state index in [2.05, 4.69) is 33.2 Å². The fraction of sp³-hybridized carbons (Fsp3) is 0.417. The minimum absolute atomic E-state index is 0.624. The number of nitrogens with one attached hydrogen (secondary N) is 1. The molecule has 1 saturated heterocycles. The Balaban J connectivity index is 2.02. The molecule has 2 aromatic heterocycles. The first-order chi connectivity index (χ1) is 7.45. The minimum atomic E-state index is 0.624. The van der Waals surface area contributed by atoms with Crippen LogP contribution in [0.4, 0.5) is 0 Å². The Morgan fingerprint density at radius 1 is 1.27 bits per heavy atom. The number of hydrogen-bond acceptors (Lipinski definition) is 2. The van der Waals surface area contributed by atoms with E-state index in [-0.39, 0.29) is 0 Å². The Morgan fingerprint density at radius 3 is 3.00 bits per heavy atom. The van der Waals surface area contributed by atoms with Gasteiger partial charge in [0.05, 0.1) is 0 Å². The van der Waals surface area contributed by atoms with Crippen molar-refractivity contribution in [1.29, 1.82) is 0 Å². The van der Waals surface area contributed by atoms with Crippen LogP contribution in [-0.4, -0.2) is 22.6 Å². The molecule has 0 radical (unpaired) electrons. The van der Waals surface area contributed by atoms with E-state index in [0.717, 1.165) is 18.7 Å². The summed E-state index contributed by atoms with van der Waals surface area (Å²) in [6.07, 6.45) is 6.47. The van der Waals surface area contributed by atoms with Crippen LogP contribution in [0.5, 0.6) is 0 Å². The Labute approximate surface area is 89.1 Å². The molecule has 3 nitrogen and oxygen atoms in total. The third kappa shape index (κ3) is 1.53. The number of hydrogen-bond donors (Lipinski definition) is 1. The van der Waals surface area contributed by atoms with Crippen molar-refractivity contribution < 1.29 is 0 Å². The van der Waals surface area contributed by atoms with Gasteiger partial charge < -0.3 is 9.88 Å². The molecule has 1 N–H and O–H groups in total. The molecule has 0 aliphatic carbocycles.